The minimum Gasteiger partial charge on any atom is -0.504 e. The zero-order valence-electron chi connectivity index (χ0n) is 21.5. The molecule has 39 heavy (non-hydrogen) atoms. The zero-order chi connectivity index (χ0) is 27.7. The molecule has 2 aromatic rings. The van der Waals surface area contributed by atoms with Gasteiger partial charge in [-0.25, -0.2) is 4.79 Å². The van der Waals surface area contributed by atoms with Crippen LogP contribution < -0.4 is 4.74 Å². The Bertz CT molecular complexity index is 1400. The van der Waals surface area contributed by atoms with Crippen molar-refractivity contribution in [3.05, 3.63) is 71.0 Å². The molecular formula is C29H29NO9. The molecule has 1 fully saturated rings. The predicted molar refractivity (Wildman–Crippen MR) is 135 cm³/mol. The van der Waals surface area contributed by atoms with Crippen molar-refractivity contribution in [2.24, 2.45) is 0 Å². The summed E-state index contributed by atoms with van der Waals surface area (Å²) < 4.78 is 17.3. The van der Waals surface area contributed by atoms with Crippen molar-refractivity contribution < 1.29 is 43.9 Å². The molecular weight excluding hydrogens is 506 g/mol. The van der Waals surface area contributed by atoms with Crippen LogP contribution in [-0.4, -0.2) is 75.6 Å². The third kappa shape index (κ3) is 3.51. The quantitative estimate of drug-likeness (QED) is 0.470. The summed E-state index contributed by atoms with van der Waals surface area (Å²) in [4.78, 5) is 39.7. The molecule has 10 heteroatoms. The molecule has 0 saturated carbocycles. The number of esters is 2. The lowest BCUT2D eigenvalue weighted by Gasteiger charge is -2.61. The Morgan fingerprint density at radius 2 is 1.90 bits per heavy atom. The Morgan fingerprint density at radius 3 is 2.59 bits per heavy atom. The molecule has 10 nitrogen and oxygen atoms in total. The van der Waals surface area contributed by atoms with E-state index in [0.29, 0.717) is 24.9 Å². The Kier molecular flexibility index (Phi) is 5.74. The van der Waals surface area contributed by atoms with Crippen molar-refractivity contribution in [1.29, 1.82) is 0 Å². The number of likely N-dealkylation sites (N-methyl/N-ethyl adjacent to an activating group) is 1. The van der Waals surface area contributed by atoms with Gasteiger partial charge in [0, 0.05) is 24.9 Å². The second-order valence-corrected chi connectivity index (χ2v) is 10.8. The molecule has 1 saturated heterocycles. The molecule has 2 bridgehead atoms. The van der Waals surface area contributed by atoms with Gasteiger partial charge in [0.05, 0.1) is 11.0 Å². The molecule has 6 atom stereocenters. The van der Waals surface area contributed by atoms with Gasteiger partial charge in [-0.05, 0) is 49.7 Å². The number of ether oxygens (including phenoxy) is 3. The van der Waals surface area contributed by atoms with Crippen molar-refractivity contribution in [3.8, 4) is 11.5 Å². The van der Waals surface area contributed by atoms with Crippen molar-refractivity contribution in [2.75, 3.05) is 13.6 Å². The Labute approximate surface area is 224 Å². The standard InChI is InChI=1S/C29H29NO9/c1-15(31)37-24(26(33)34)21(16-6-4-3-5-7-16)27(35)38-19-10-11-29(36)20-14-17-8-9-18(32)23-22(17)28(29,25(19)39-23)12-13-30(20)2/h3-10,20-21,24-25,32,36H,11-14H2,1-2H3,(H,33,34)/t20-,21-,24-,25+,28+,29-/m1/s1. The summed E-state index contributed by atoms with van der Waals surface area (Å²) in [5.74, 6) is -4.41. The normalized spacial score (nSPS) is 29.8. The maximum absolute atomic E-state index is 13.7. The highest BCUT2D eigenvalue weighted by Crippen LogP contribution is 2.65. The van der Waals surface area contributed by atoms with E-state index in [4.69, 9.17) is 14.2 Å². The van der Waals surface area contributed by atoms with Crippen LogP contribution in [0.25, 0.3) is 0 Å². The van der Waals surface area contributed by atoms with Crippen molar-refractivity contribution in [2.45, 2.75) is 61.4 Å². The highest BCUT2D eigenvalue weighted by molar-refractivity contribution is 5.89. The van der Waals surface area contributed by atoms with Crippen LogP contribution in [0.4, 0.5) is 0 Å². The highest BCUT2D eigenvalue weighted by atomic mass is 16.6. The first-order valence-electron chi connectivity index (χ1n) is 12.9. The molecule has 3 N–H and O–H groups in total. The molecule has 204 valence electrons. The molecule has 0 radical (unpaired) electrons. The van der Waals surface area contributed by atoms with Gasteiger partial charge < -0.3 is 34.4 Å². The first-order valence-corrected chi connectivity index (χ1v) is 12.9. The summed E-state index contributed by atoms with van der Waals surface area (Å²) in [5, 5.41) is 32.8. The molecule has 0 aromatic heterocycles. The minimum atomic E-state index is -1.82. The number of hydrogen-bond donors (Lipinski definition) is 3. The largest absolute Gasteiger partial charge is 0.504 e. The summed E-state index contributed by atoms with van der Waals surface area (Å²) >= 11 is 0. The second kappa shape index (κ2) is 8.82. The maximum atomic E-state index is 13.7. The zero-order valence-corrected chi connectivity index (χ0v) is 21.5. The van der Waals surface area contributed by atoms with Gasteiger partial charge in [0.1, 0.15) is 11.7 Å². The molecule has 0 unspecified atom stereocenters. The van der Waals surface area contributed by atoms with Crippen LogP contribution >= 0.6 is 0 Å². The van der Waals surface area contributed by atoms with Gasteiger partial charge in [-0.3, -0.25) is 9.59 Å². The second-order valence-electron chi connectivity index (χ2n) is 10.8. The molecule has 4 aliphatic rings. The molecule has 0 amide bonds. The van der Waals surface area contributed by atoms with E-state index in [1.54, 1.807) is 42.5 Å². The van der Waals surface area contributed by atoms with Crippen LogP contribution in [0.1, 0.15) is 42.4 Å². The number of aromatic hydroxyl groups is 1. The van der Waals surface area contributed by atoms with Crippen LogP contribution in [-0.2, 0) is 35.7 Å². The fourth-order valence-corrected chi connectivity index (χ4v) is 7.15. The van der Waals surface area contributed by atoms with Crippen molar-refractivity contribution in [1.82, 2.24) is 4.90 Å². The SMILES string of the molecule is CC(=O)O[C@@H](C(=O)O)[C@H](C(=O)OC1=CC[C@@]2(O)[C@H]3Cc4ccc(O)c5c4[C@@]2(CCN3C)[C@H]1O5)c1ccccc1. The van der Waals surface area contributed by atoms with Gasteiger partial charge >= 0.3 is 17.9 Å². The van der Waals surface area contributed by atoms with Crippen molar-refractivity contribution >= 4 is 17.9 Å². The molecule has 6 rings (SSSR count). The predicted octanol–water partition coefficient (Wildman–Crippen LogP) is 2.01. The lowest BCUT2D eigenvalue weighted by Crippen LogP contribution is -2.74. The molecule has 1 spiro atoms. The van der Waals surface area contributed by atoms with E-state index in [0.717, 1.165) is 18.1 Å². The third-order valence-corrected chi connectivity index (χ3v) is 8.82. The van der Waals surface area contributed by atoms with E-state index in [1.807, 2.05) is 13.1 Å². The number of carboxylic acid groups (broad SMARTS) is 1. The van der Waals surface area contributed by atoms with E-state index in [1.165, 1.54) is 0 Å². The highest BCUT2D eigenvalue weighted by Gasteiger charge is 2.72. The van der Waals surface area contributed by atoms with Gasteiger partial charge in [0.2, 0.25) is 6.10 Å². The number of piperidine rings is 1. The van der Waals surface area contributed by atoms with Crippen LogP contribution in [0.5, 0.6) is 11.5 Å². The fraction of sp³-hybridized carbons (Fsp3) is 0.414. The summed E-state index contributed by atoms with van der Waals surface area (Å²) in [6.45, 7) is 1.73. The number of carboxylic acids is 1. The smallest absolute Gasteiger partial charge is 0.346 e. The summed E-state index contributed by atoms with van der Waals surface area (Å²) in [6.07, 6.45) is 0.108. The van der Waals surface area contributed by atoms with Gasteiger partial charge in [-0.2, -0.15) is 0 Å². The number of aliphatic hydroxyl groups is 1. The first-order chi connectivity index (χ1) is 18.6. The Balaban J connectivity index is 1.42. The number of hydrogen-bond acceptors (Lipinski definition) is 9. The molecule has 2 aromatic carbocycles. The van der Waals surface area contributed by atoms with Gasteiger partial charge in [0.25, 0.3) is 0 Å². The number of carbonyl (C=O) groups excluding carboxylic acids is 2. The summed E-state index contributed by atoms with van der Waals surface area (Å²) in [5.41, 5.74) is -0.214. The molecule has 2 heterocycles. The molecule has 2 aliphatic heterocycles. The number of carbonyl (C=O) groups is 3. The van der Waals surface area contributed by atoms with E-state index in [2.05, 4.69) is 4.90 Å². The average molecular weight is 536 g/mol. The monoisotopic (exact) mass is 535 g/mol. The molecule has 2 aliphatic carbocycles. The number of phenols is 1. The van der Waals surface area contributed by atoms with E-state index in [9.17, 15) is 29.7 Å². The number of aliphatic carboxylic acids is 1. The number of benzene rings is 2. The number of phenolic OH excluding ortho intramolecular Hbond substituents is 1. The maximum Gasteiger partial charge on any atom is 0.346 e. The van der Waals surface area contributed by atoms with E-state index in [-0.39, 0.29) is 29.7 Å². The van der Waals surface area contributed by atoms with Gasteiger partial charge in [-0.1, -0.05) is 36.4 Å². The fourth-order valence-electron chi connectivity index (χ4n) is 7.15. The summed E-state index contributed by atoms with van der Waals surface area (Å²) in [6, 6.07) is 11.3. The van der Waals surface area contributed by atoms with E-state index >= 15 is 0 Å². The first kappa shape index (κ1) is 25.4. The number of nitrogens with zero attached hydrogens (tertiary/aromatic N) is 1. The van der Waals surface area contributed by atoms with E-state index < -0.39 is 47.0 Å². The minimum absolute atomic E-state index is 0.0640. The van der Waals surface area contributed by atoms with Crippen molar-refractivity contribution in [3.63, 3.8) is 0 Å². The number of rotatable bonds is 6. The topological polar surface area (TPSA) is 143 Å². The van der Waals surface area contributed by atoms with Crippen LogP contribution in [0.2, 0.25) is 0 Å². The lowest BCUT2D eigenvalue weighted by molar-refractivity contribution is -0.174. The van der Waals surface area contributed by atoms with Crippen LogP contribution in [0.3, 0.4) is 0 Å². The Morgan fingerprint density at radius 1 is 1.15 bits per heavy atom. The lowest BCUT2D eigenvalue weighted by atomic mass is 9.50. The van der Waals surface area contributed by atoms with Crippen LogP contribution in [0.15, 0.2) is 54.3 Å². The number of likely N-dealkylation sites (tertiary alicyclic amines) is 1. The van der Waals surface area contributed by atoms with Gasteiger partial charge in [-0.15, -0.1) is 0 Å². The summed E-state index contributed by atoms with van der Waals surface area (Å²) in [7, 11) is 1.97. The van der Waals surface area contributed by atoms with Gasteiger partial charge in [0.15, 0.2) is 17.6 Å². The average Bonchev–Trinajstić information content (AvgIpc) is 3.25. The Hall–Kier alpha value is -3.89. The third-order valence-electron chi connectivity index (χ3n) is 8.82. The van der Waals surface area contributed by atoms with Crippen LogP contribution in [0, 0.1) is 0 Å².